The number of benzene rings is 1. The predicted octanol–water partition coefficient (Wildman–Crippen LogP) is 5.72. The molecule has 1 saturated heterocycles. The molecule has 4 nitrogen and oxygen atoms in total. The van der Waals surface area contributed by atoms with E-state index in [1.54, 1.807) is 0 Å². The van der Waals surface area contributed by atoms with Gasteiger partial charge in [0.25, 0.3) is 0 Å². The maximum Gasteiger partial charge on any atom is 0.457 e. The highest BCUT2D eigenvalue weighted by atomic mass is 16.7. The minimum absolute atomic E-state index is 0.0644. The Hall–Kier alpha value is -1.33. The molecule has 1 aliphatic carbocycles. The van der Waals surface area contributed by atoms with E-state index in [-0.39, 0.29) is 18.3 Å². The van der Waals surface area contributed by atoms with Gasteiger partial charge in [0.05, 0.1) is 11.2 Å². The summed E-state index contributed by atoms with van der Waals surface area (Å²) in [6.07, 6.45) is 7.81. The lowest BCUT2D eigenvalue weighted by Crippen LogP contribution is -2.41. The zero-order chi connectivity index (χ0) is 20.2. The molecule has 1 aromatic carbocycles. The topological polar surface area (TPSA) is 40.0 Å². The molecule has 1 aliphatic heterocycles. The van der Waals surface area contributed by atoms with E-state index < -0.39 is 0 Å². The largest absolute Gasteiger partial charge is 0.457 e. The summed E-state index contributed by atoms with van der Waals surface area (Å²) in [4.78, 5) is 5.48. The fourth-order valence-corrected chi connectivity index (χ4v) is 4.36. The Morgan fingerprint density at radius 3 is 2.46 bits per heavy atom. The van der Waals surface area contributed by atoms with Crippen molar-refractivity contribution in [2.45, 2.75) is 84.4 Å². The first-order chi connectivity index (χ1) is 13.3. The van der Waals surface area contributed by atoms with Crippen LogP contribution in [0.5, 0.6) is 0 Å². The SMILES string of the molecule is C[C@H]1CC(/C=N/OCc2ccccc2)C[C@H]1CCCB1OC(C)(C)C(C)(C)O1. The highest BCUT2D eigenvalue weighted by Gasteiger charge is 2.50. The maximum atomic E-state index is 6.12. The Morgan fingerprint density at radius 2 is 1.79 bits per heavy atom. The zero-order valence-corrected chi connectivity index (χ0v) is 18.2. The molecular weight excluding hydrogens is 349 g/mol. The van der Waals surface area contributed by atoms with E-state index in [4.69, 9.17) is 14.1 Å². The summed E-state index contributed by atoms with van der Waals surface area (Å²) in [7, 11) is -0.0644. The fraction of sp³-hybridized carbons (Fsp3) is 0.696. The van der Waals surface area contributed by atoms with Crippen LogP contribution >= 0.6 is 0 Å². The third-order valence-corrected chi connectivity index (χ3v) is 6.82. The lowest BCUT2D eigenvalue weighted by Gasteiger charge is -2.32. The molecule has 1 unspecified atom stereocenters. The third-order valence-electron chi connectivity index (χ3n) is 6.82. The molecule has 2 fully saturated rings. The Kier molecular flexibility index (Phi) is 6.87. The van der Waals surface area contributed by atoms with Gasteiger partial charge in [0.2, 0.25) is 0 Å². The van der Waals surface area contributed by atoms with Crippen molar-refractivity contribution in [2.75, 3.05) is 0 Å². The number of hydrogen-bond acceptors (Lipinski definition) is 4. The molecule has 0 bridgehead atoms. The van der Waals surface area contributed by atoms with Crippen molar-refractivity contribution < 1.29 is 14.1 Å². The molecule has 0 radical (unpaired) electrons. The number of rotatable bonds is 8. The maximum absolute atomic E-state index is 6.12. The molecule has 3 atom stereocenters. The van der Waals surface area contributed by atoms with Gasteiger partial charge < -0.3 is 14.1 Å². The molecule has 0 aromatic heterocycles. The first kappa shape index (κ1) is 21.4. The molecular formula is C23H36BNO3. The van der Waals surface area contributed by atoms with E-state index >= 15 is 0 Å². The summed E-state index contributed by atoms with van der Waals surface area (Å²) >= 11 is 0. The smallest absolute Gasteiger partial charge is 0.403 e. The second-order valence-corrected chi connectivity index (χ2v) is 9.60. The van der Waals surface area contributed by atoms with Gasteiger partial charge in [0, 0.05) is 6.21 Å². The molecule has 1 aromatic rings. The van der Waals surface area contributed by atoms with Gasteiger partial charge in [0.15, 0.2) is 0 Å². The molecule has 1 saturated carbocycles. The molecule has 28 heavy (non-hydrogen) atoms. The highest BCUT2D eigenvalue weighted by molar-refractivity contribution is 6.45. The van der Waals surface area contributed by atoms with Crippen LogP contribution in [-0.4, -0.2) is 24.5 Å². The first-order valence-corrected chi connectivity index (χ1v) is 10.8. The molecule has 154 valence electrons. The summed E-state index contributed by atoms with van der Waals surface area (Å²) in [5.74, 6) is 2.03. The molecule has 0 amide bonds. The fourth-order valence-electron chi connectivity index (χ4n) is 4.36. The molecule has 0 N–H and O–H groups in total. The minimum atomic E-state index is -0.223. The molecule has 5 heteroatoms. The van der Waals surface area contributed by atoms with E-state index in [1.165, 1.54) is 19.3 Å². The van der Waals surface area contributed by atoms with Crippen LogP contribution in [0.2, 0.25) is 6.32 Å². The predicted molar refractivity (Wildman–Crippen MR) is 115 cm³/mol. The average molecular weight is 385 g/mol. The summed E-state index contributed by atoms with van der Waals surface area (Å²) in [6.45, 7) is 11.4. The van der Waals surface area contributed by atoms with Gasteiger partial charge in [-0.1, -0.05) is 55.3 Å². The van der Waals surface area contributed by atoms with Gasteiger partial charge in [-0.15, -0.1) is 0 Å². The van der Waals surface area contributed by atoms with E-state index in [1.807, 2.05) is 24.4 Å². The van der Waals surface area contributed by atoms with Crippen LogP contribution in [0, 0.1) is 17.8 Å². The molecule has 2 aliphatic rings. The molecule has 3 rings (SSSR count). The van der Waals surface area contributed by atoms with Crippen LogP contribution < -0.4 is 0 Å². The quantitative estimate of drug-likeness (QED) is 0.326. The van der Waals surface area contributed by atoms with Crippen molar-refractivity contribution in [1.29, 1.82) is 0 Å². The second kappa shape index (κ2) is 9.00. The minimum Gasteiger partial charge on any atom is -0.403 e. The van der Waals surface area contributed by atoms with Gasteiger partial charge in [-0.3, -0.25) is 0 Å². The van der Waals surface area contributed by atoms with Crippen LogP contribution in [0.15, 0.2) is 35.5 Å². The third kappa shape index (κ3) is 5.39. The lowest BCUT2D eigenvalue weighted by molar-refractivity contribution is 0.00578. The van der Waals surface area contributed by atoms with Crippen LogP contribution in [0.3, 0.4) is 0 Å². The van der Waals surface area contributed by atoms with Crippen molar-refractivity contribution in [3.63, 3.8) is 0 Å². The van der Waals surface area contributed by atoms with Crippen molar-refractivity contribution in [2.24, 2.45) is 22.9 Å². The summed E-state index contributed by atoms with van der Waals surface area (Å²) in [5, 5.41) is 4.23. The van der Waals surface area contributed by atoms with Gasteiger partial charge in [-0.2, -0.15) is 0 Å². The lowest BCUT2D eigenvalue weighted by atomic mass is 9.80. The standard InChI is InChI=1S/C23H36BNO3/c1-18-14-20(16-25-26-17-19-10-7-6-8-11-19)15-21(18)12-9-13-24-27-22(2,3)23(4,5)28-24/h6-8,10-11,16,18,20-21H,9,12-15,17H2,1-5H3/b25-16+/t18-,20?,21+/m0/s1. The van der Waals surface area contributed by atoms with Crippen LogP contribution in [0.4, 0.5) is 0 Å². The van der Waals surface area contributed by atoms with Gasteiger partial charge >= 0.3 is 7.12 Å². The molecule has 0 spiro atoms. The van der Waals surface area contributed by atoms with Gasteiger partial charge in [-0.05, 0) is 70.2 Å². The monoisotopic (exact) mass is 385 g/mol. The average Bonchev–Trinajstić information content (AvgIpc) is 3.08. The summed E-state index contributed by atoms with van der Waals surface area (Å²) < 4.78 is 12.2. The number of oxime groups is 1. The van der Waals surface area contributed by atoms with E-state index in [9.17, 15) is 0 Å². The van der Waals surface area contributed by atoms with Crippen molar-refractivity contribution >= 4 is 13.3 Å². The van der Waals surface area contributed by atoms with Gasteiger partial charge in [0.1, 0.15) is 6.61 Å². The Morgan fingerprint density at radius 1 is 1.11 bits per heavy atom. The normalized spacial score (nSPS) is 28.9. The first-order valence-electron chi connectivity index (χ1n) is 10.8. The van der Waals surface area contributed by atoms with Crippen molar-refractivity contribution in [3.05, 3.63) is 35.9 Å². The molecule has 1 heterocycles. The Balaban J connectivity index is 1.35. The highest BCUT2D eigenvalue weighted by Crippen LogP contribution is 2.41. The van der Waals surface area contributed by atoms with Crippen LogP contribution in [0.1, 0.15) is 65.9 Å². The van der Waals surface area contributed by atoms with Crippen molar-refractivity contribution in [3.8, 4) is 0 Å². The van der Waals surface area contributed by atoms with Crippen LogP contribution in [-0.2, 0) is 20.8 Å². The second-order valence-electron chi connectivity index (χ2n) is 9.60. The number of hydrogen-bond donors (Lipinski definition) is 0. The van der Waals surface area contributed by atoms with Crippen LogP contribution in [0.25, 0.3) is 0 Å². The number of nitrogens with zero attached hydrogens (tertiary/aromatic N) is 1. The van der Waals surface area contributed by atoms with Crippen molar-refractivity contribution in [1.82, 2.24) is 0 Å². The van der Waals surface area contributed by atoms with E-state index in [0.717, 1.165) is 30.1 Å². The van der Waals surface area contributed by atoms with E-state index in [0.29, 0.717) is 12.5 Å². The van der Waals surface area contributed by atoms with Gasteiger partial charge in [-0.25, -0.2) is 0 Å². The Bertz CT molecular complexity index is 631. The zero-order valence-electron chi connectivity index (χ0n) is 18.2. The van der Waals surface area contributed by atoms with E-state index in [2.05, 4.69) is 51.9 Å². The summed E-state index contributed by atoms with van der Waals surface area (Å²) in [5.41, 5.74) is 0.708. The Labute approximate surface area is 171 Å². The summed E-state index contributed by atoms with van der Waals surface area (Å²) in [6, 6.07) is 10.2.